The minimum atomic E-state index is -4.30. The lowest BCUT2D eigenvalue weighted by molar-refractivity contribution is -0.127. The number of rotatable bonds is 6. The zero-order chi connectivity index (χ0) is 19.5. The molecule has 2 rings (SSSR count). The Balaban J connectivity index is 2.04. The van der Waals surface area contributed by atoms with E-state index in [0.717, 1.165) is 23.3 Å². The Labute approximate surface area is 156 Å². The quantitative estimate of drug-likeness (QED) is 0.730. The number of hydrazine groups is 1. The highest BCUT2D eigenvalue weighted by Crippen LogP contribution is 2.22. The fraction of sp³-hybridized carbons (Fsp3) is 0.235. The second kappa shape index (κ2) is 8.03. The van der Waals surface area contributed by atoms with E-state index in [1.54, 1.807) is 12.1 Å². The van der Waals surface area contributed by atoms with Crippen LogP contribution in [-0.2, 0) is 14.8 Å². The van der Waals surface area contributed by atoms with Crippen molar-refractivity contribution in [1.29, 1.82) is 0 Å². The maximum Gasteiger partial charge on any atom is 0.275 e. The molecule has 0 bridgehead atoms. The molecule has 0 aromatic heterocycles. The lowest BCUT2D eigenvalue weighted by Gasteiger charge is -2.17. The lowest BCUT2D eigenvalue weighted by Crippen LogP contribution is -2.47. The Hall–Kier alpha value is -2.16. The molecule has 26 heavy (non-hydrogen) atoms. The maximum atomic E-state index is 13.8. The van der Waals surface area contributed by atoms with Gasteiger partial charge in [-0.15, -0.1) is 4.83 Å². The largest absolute Gasteiger partial charge is 0.481 e. The van der Waals surface area contributed by atoms with Gasteiger partial charge in [-0.1, -0.05) is 23.7 Å². The van der Waals surface area contributed by atoms with Crippen molar-refractivity contribution in [2.45, 2.75) is 31.8 Å². The number of amides is 1. The first kappa shape index (κ1) is 20.2. The van der Waals surface area contributed by atoms with Crippen LogP contribution in [0.4, 0.5) is 4.39 Å². The summed E-state index contributed by atoms with van der Waals surface area (Å²) < 4.78 is 43.5. The standard InChI is InChI=1S/C17H18ClFN2O4S/c1-10-5-4-6-15(11(10)2)25-12(3)17(22)20-21-26(23,24)16-8-7-13(18)9-14(16)19/h4-9,12,21H,1-3H3,(H,20,22)/t12-/m0/s1. The van der Waals surface area contributed by atoms with Gasteiger partial charge in [-0.25, -0.2) is 12.8 Å². The Morgan fingerprint density at radius 3 is 2.58 bits per heavy atom. The number of aryl methyl sites for hydroxylation is 1. The van der Waals surface area contributed by atoms with Gasteiger partial charge in [-0.2, -0.15) is 0 Å². The summed E-state index contributed by atoms with van der Waals surface area (Å²) in [5.74, 6) is -1.25. The summed E-state index contributed by atoms with van der Waals surface area (Å²) in [5, 5.41) is 0.0565. The molecule has 0 aliphatic carbocycles. The Kier molecular flexibility index (Phi) is 6.22. The van der Waals surface area contributed by atoms with Crippen LogP contribution in [0.5, 0.6) is 5.75 Å². The maximum absolute atomic E-state index is 13.8. The van der Waals surface area contributed by atoms with Crippen molar-refractivity contribution in [2.75, 3.05) is 0 Å². The molecule has 0 radical (unpaired) electrons. The van der Waals surface area contributed by atoms with Gasteiger partial charge in [0, 0.05) is 5.02 Å². The molecule has 0 aliphatic heterocycles. The molecule has 6 nitrogen and oxygen atoms in total. The number of hydrogen-bond acceptors (Lipinski definition) is 4. The molecular formula is C17H18ClFN2O4S. The van der Waals surface area contributed by atoms with Gasteiger partial charge in [0.2, 0.25) is 0 Å². The predicted molar refractivity (Wildman–Crippen MR) is 95.9 cm³/mol. The Morgan fingerprint density at radius 1 is 1.23 bits per heavy atom. The third-order valence-electron chi connectivity index (χ3n) is 3.72. The van der Waals surface area contributed by atoms with Crippen LogP contribution in [0.3, 0.4) is 0 Å². The van der Waals surface area contributed by atoms with E-state index in [4.69, 9.17) is 16.3 Å². The van der Waals surface area contributed by atoms with E-state index in [0.29, 0.717) is 5.75 Å². The van der Waals surface area contributed by atoms with E-state index < -0.39 is 32.7 Å². The number of ether oxygens (including phenoxy) is 1. The molecule has 0 saturated carbocycles. The highest BCUT2D eigenvalue weighted by atomic mass is 35.5. The number of nitrogens with one attached hydrogen (secondary N) is 2. The number of sulfonamides is 1. The van der Waals surface area contributed by atoms with Crippen molar-refractivity contribution in [2.24, 2.45) is 0 Å². The molecule has 9 heteroatoms. The van der Waals surface area contributed by atoms with E-state index in [1.807, 2.05) is 30.2 Å². The Morgan fingerprint density at radius 2 is 1.92 bits per heavy atom. The summed E-state index contributed by atoms with van der Waals surface area (Å²) in [4.78, 5) is 13.3. The van der Waals surface area contributed by atoms with E-state index in [9.17, 15) is 17.6 Å². The third kappa shape index (κ3) is 4.72. The molecule has 0 unspecified atom stereocenters. The first-order valence-corrected chi connectivity index (χ1v) is 9.47. The topological polar surface area (TPSA) is 84.5 Å². The van der Waals surface area contributed by atoms with E-state index in [1.165, 1.54) is 13.0 Å². The van der Waals surface area contributed by atoms with Gasteiger partial charge >= 0.3 is 0 Å². The zero-order valence-electron chi connectivity index (χ0n) is 14.3. The van der Waals surface area contributed by atoms with Crippen LogP contribution in [-0.4, -0.2) is 20.4 Å². The number of carbonyl (C=O) groups excluding carboxylic acids is 1. The molecule has 0 saturated heterocycles. The van der Waals surface area contributed by atoms with Gasteiger partial charge in [0.25, 0.3) is 15.9 Å². The van der Waals surface area contributed by atoms with Crippen molar-refractivity contribution in [3.05, 3.63) is 58.4 Å². The molecule has 0 aliphatic rings. The van der Waals surface area contributed by atoms with E-state index in [2.05, 4.69) is 0 Å². The highest BCUT2D eigenvalue weighted by Gasteiger charge is 2.22. The van der Waals surface area contributed by atoms with E-state index in [-0.39, 0.29) is 5.02 Å². The van der Waals surface area contributed by atoms with Crippen molar-refractivity contribution < 1.29 is 22.3 Å². The summed E-state index contributed by atoms with van der Waals surface area (Å²) in [6.45, 7) is 5.22. The fourth-order valence-electron chi connectivity index (χ4n) is 2.06. The number of hydrogen-bond donors (Lipinski definition) is 2. The van der Waals surface area contributed by atoms with Gasteiger partial charge in [-0.05, 0) is 56.2 Å². The minimum absolute atomic E-state index is 0.0565. The molecule has 1 amide bonds. The first-order valence-electron chi connectivity index (χ1n) is 7.61. The van der Waals surface area contributed by atoms with Gasteiger partial charge < -0.3 is 4.74 Å². The van der Waals surface area contributed by atoms with E-state index >= 15 is 0 Å². The molecular weight excluding hydrogens is 383 g/mol. The highest BCUT2D eigenvalue weighted by molar-refractivity contribution is 7.89. The lowest BCUT2D eigenvalue weighted by atomic mass is 10.1. The molecule has 140 valence electrons. The van der Waals surface area contributed by atoms with Crippen LogP contribution in [0.2, 0.25) is 5.02 Å². The van der Waals surface area contributed by atoms with Gasteiger partial charge in [0.1, 0.15) is 16.5 Å². The van der Waals surface area contributed by atoms with Crippen molar-refractivity contribution in [3.63, 3.8) is 0 Å². The van der Waals surface area contributed by atoms with Gasteiger partial charge in [0.15, 0.2) is 6.10 Å². The molecule has 2 aromatic carbocycles. The summed E-state index contributed by atoms with van der Waals surface area (Å²) in [6, 6.07) is 8.50. The SMILES string of the molecule is Cc1cccc(O[C@@H](C)C(=O)NNS(=O)(=O)c2ccc(Cl)cc2F)c1C. The summed E-state index contributed by atoms with van der Waals surface area (Å²) in [6.07, 6.45) is -0.978. The second-order valence-corrected chi connectivity index (χ2v) is 7.71. The van der Waals surface area contributed by atoms with Crippen molar-refractivity contribution in [3.8, 4) is 5.75 Å². The van der Waals surface area contributed by atoms with Crippen LogP contribution in [0.15, 0.2) is 41.3 Å². The molecule has 2 N–H and O–H groups in total. The Bertz CT molecular complexity index is 934. The molecule has 2 aromatic rings. The van der Waals surface area contributed by atoms with Crippen molar-refractivity contribution >= 4 is 27.5 Å². The van der Waals surface area contributed by atoms with Crippen LogP contribution in [0.25, 0.3) is 0 Å². The second-order valence-electron chi connectivity index (χ2n) is 5.63. The van der Waals surface area contributed by atoms with Crippen LogP contribution >= 0.6 is 11.6 Å². The summed E-state index contributed by atoms with van der Waals surface area (Å²) >= 11 is 5.60. The average Bonchev–Trinajstić information content (AvgIpc) is 2.56. The normalized spacial score (nSPS) is 12.5. The van der Waals surface area contributed by atoms with Crippen molar-refractivity contribution in [1.82, 2.24) is 10.3 Å². The van der Waals surface area contributed by atoms with Gasteiger partial charge in [-0.3, -0.25) is 10.2 Å². The monoisotopic (exact) mass is 400 g/mol. The zero-order valence-corrected chi connectivity index (χ0v) is 15.9. The molecule has 0 fully saturated rings. The van der Waals surface area contributed by atoms with Gasteiger partial charge in [0.05, 0.1) is 0 Å². The average molecular weight is 401 g/mol. The molecule has 1 atom stereocenters. The fourth-order valence-corrected chi connectivity index (χ4v) is 3.13. The number of benzene rings is 2. The number of halogens is 2. The number of carbonyl (C=O) groups is 1. The summed E-state index contributed by atoms with van der Waals surface area (Å²) in [7, 11) is -4.30. The smallest absolute Gasteiger partial charge is 0.275 e. The minimum Gasteiger partial charge on any atom is -0.481 e. The van der Waals surface area contributed by atoms with Crippen LogP contribution in [0.1, 0.15) is 18.1 Å². The molecule has 0 heterocycles. The molecule has 0 spiro atoms. The van der Waals surface area contributed by atoms with Crippen LogP contribution < -0.4 is 15.0 Å². The summed E-state index contributed by atoms with van der Waals surface area (Å²) in [5.41, 5.74) is 3.88. The predicted octanol–water partition coefficient (Wildman–Crippen LogP) is 2.87. The third-order valence-corrected chi connectivity index (χ3v) is 5.24. The van der Waals surface area contributed by atoms with Crippen LogP contribution in [0, 0.1) is 19.7 Å². The first-order chi connectivity index (χ1) is 12.1.